The molecule has 1 N–H and O–H groups in total. The lowest BCUT2D eigenvalue weighted by molar-refractivity contribution is 0.317. The van der Waals surface area contributed by atoms with Gasteiger partial charge in [-0.25, -0.2) is 8.78 Å². The molecule has 0 spiro atoms. The molecule has 0 saturated heterocycles. The average Bonchev–Trinajstić information content (AvgIpc) is 3.22. The lowest BCUT2D eigenvalue weighted by atomic mass is 10.0. The predicted molar refractivity (Wildman–Crippen MR) is 77.0 cm³/mol. The third-order valence-electron chi connectivity index (χ3n) is 3.76. The Morgan fingerprint density at radius 3 is 2.48 bits per heavy atom. The van der Waals surface area contributed by atoms with Gasteiger partial charge in [0.05, 0.1) is 5.71 Å². The fraction of sp³-hybridized carbons (Fsp3) is 0.188. The van der Waals surface area contributed by atoms with Crippen LogP contribution < -0.4 is 0 Å². The normalized spacial score (nSPS) is 21.4. The minimum absolute atomic E-state index is 0.116. The van der Waals surface area contributed by atoms with Gasteiger partial charge in [0, 0.05) is 16.5 Å². The number of hydrogen-bond acceptors (Lipinski definition) is 2. The molecule has 2 atom stereocenters. The second-order valence-electron chi connectivity index (χ2n) is 5.08. The molecule has 0 aliphatic heterocycles. The summed E-state index contributed by atoms with van der Waals surface area (Å²) in [5.74, 6) is -0.948. The zero-order valence-corrected chi connectivity index (χ0v) is 11.7. The number of hydrogen-bond donors (Lipinski definition) is 1. The smallest absolute Gasteiger partial charge is 0.128 e. The highest BCUT2D eigenvalue weighted by Crippen LogP contribution is 2.52. The quantitative estimate of drug-likeness (QED) is 0.502. The third-order valence-corrected chi connectivity index (χ3v) is 4.09. The van der Waals surface area contributed by atoms with Crippen molar-refractivity contribution in [2.75, 3.05) is 0 Å². The van der Waals surface area contributed by atoms with E-state index in [9.17, 15) is 14.0 Å². The molecule has 21 heavy (non-hydrogen) atoms. The SMILES string of the molecule is O/N=C(\c1ccc(F)cc1)[C@H]1C[C@H]1c1c(F)cccc1Cl. The topological polar surface area (TPSA) is 32.6 Å². The van der Waals surface area contributed by atoms with E-state index in [0.717, 1.165) is 0 Å². The van der Waals surface area contributed by atoms with Crippen LogP contribution in [0.3, 0.4) is 0 Å². The zero-order chi connectivity index (χ0) is 15.0. The van der Waals surface area contributed by atoms with Gasteiger partial charge in [0.1, 0.15) is 11.6 Å². The van der Waals surface area contributed by atoms with Crippen molar-refractivity contribution in [1.82, 2.24) is 0 Å². The van der Waals surface area contributed by atoms with Crippen LogP contribution in [-0.4, -0.2) is 10.9 Å². The van der Waals surface area contributed by atoms with Crippen LogP contribution in [0.25, 0.3) is 0 Å². The highest BCUT2D eigenvalue weighted by atomic mass is 35.5. The number of nitrogens with zero attached hydrogens (tertiary/aromatic N) is 1. The maximum absolute atomic E-state index is 13.9. The maximum Gasteiger partial charge on any atom is 0.128 e. The average molecular weight is 308 g/mol. The van der Waals surface area contributed by atoms with E-state index < -0.39 is 0 Å². The summed E-state index contributed by atoms with van der Waals surface area (Å²) in [6, 6.07) is 10.3. The molecule has 0 amide bonds. The van der Waals surface area contributed by atoms with E-state index in [1.54, 1.807) is 24.3 Å². The van der Waals surface area contributed by atoms with Gasteiger partial charge < -0.3 is 5.21 Å². The van der Waals surface area contributed by atoms with Crippen molar-refractivity contribution in [2.45, 2.75) is 12.3 Å². The molecule has 108 valence electrons. The molecule has 5 heteroatoms. The summed E-state index contributed by atoms with van der Waals surface area (Å²) < 4.78 is 26.8. The first kappa shape index (κ1) is 14.0. The summed E-state index contributed by atoms with van der Waals surface area (Å²) in [5.41, 5.74) is 1.51. The van der Waals surface area contributed by atoms with Crippen molar-refractivity contribution < 1.29 is 14.0 Å². The fourth-order valence-electron chi connectivity index (χ4n) is 2.65. The van der Waals surface area contributed by atoms with Gasteiger partial charge in [0.15, 0.2) is 0 Å². The largest absolute Gasteiger partial charge is 0.411 e. The Kier molecular flexibility index (Phi) is 3.64. The van der Waals surface area contributed by atoms with E-state index in [1.165, 1.54) is 18.2 Å². The molecule has 0 aromatic heterocycles. The Labute approximate surface area is 125 Å². The lowest BCUT2D eigenvalue weighted by Gasteiger charge is -2.07. The number of benzene rings is 2. The van der Waals surface area contributed by atoms with Crippen LogP contribution in [0.2, 0.25) is 5.02 Å². The van der Waals surface area contributed by atoms with Gasteiger partial charge in [-0.15, -0.1) is 0 Å². The summed E-state index contributed by atoms with van der Waals surface area (Å²) in [5, 5.41) is 12.9. The lowest BCUT2D eigenvalue weighted by Crippen LogP contribution is -2.06. The Morgan fingerprint density at radius 2 is 1.86 bits per heavy atom. The molecule has 1 aliphatic carbocycles. The van der Waals surface area contributed by atoms with E-state index in [-0.39, 0.29) is 23.5 Å². The van der Waals surface area contributed by atoms with Crippen LogP contribution in [0.1, 0.15) is 23.5 Å². The zero-order valence-electron chi connectivity index (χ0n) is 10.9. The molecule has 2 nitrogen and oxygen atoms in total. The number of oxime groups is 1. The number of rotatable bonds is 3. The molecule has 0 heterocycles. The Bertz CT molecular complexity index is 680. The van der Waals surface area contributed by atoms with Crippen molar-refractivity contribution >= 4 is 17.3 Å². The Morgan fingerprint density at radius 1 is 1.14 bits per heavy atom. The summed E-state index contributed by atoms with van der Waals surface area (Å²) in [6.07, 6.45) is 0.650. The fourth-order valence-corrected chi connectivity index (χ4v) is 2.95. The molecule has 1 saturated carbocycles. The van der Waals surface area contributed by atoms with Crippen molar-refractivity contribution in [3.8, 4) is 0 Å². The highest BCUT2D eigenvalue weighted by molar-refractivity contribution is 6.31. The van der Waals surface area contributed by atoms with Crippen LogP contribution in [0.15, 0.2) is 47.6 Å². The van der Waals surface area contributed by atoms with Crippen molar-refractivity contribution in [3.05, 3.63) is 70.2 Å². The molecule has 0 radical (unpaired) electrons. The molecular weight excluding hydrogens is 296 g/mol. The second kappa shape index (κ2) is 5.45. The predicted octanol–water partition coefficient (Wildman–Crippen LogP) is 4.60. The van der Waals surface area contributed by atoms with E-state index in [2.05, 4.69) is 5.16 Å². The van der Waals surface area contributed by atoms with E-state index in [0.29, 0.717) is 28.3 Å². The minimum Gasteiger partial charge on any atom is -0.411 e. The first-order valence-corrected chi connectivity index (χ1v) is 6.91. The van der Waals surface area contributed by atoms with Crippen LogP contribution in [-0.2, 0) is 0 Å². The molecule has 0 unspecified atom stereocenters. The molecule has 2 aromatic rings. The van der Waals surface area contributed by atoms with Crippen LogP contribution in [0.4, 0.5) is 8.78 Å². The van der Waals surface area contributed by atoms with E-state index in [1.807, 2.05) is 0 Å². The molecule has 1 fully saturated rings. The molecule has 2 aromatic carbocycles. The van der Waals surface area contributed by atoms with Crippen LogP contribution in [0.5, 0.6) is 0 Å². The van der Waals surface area contributed by atoms with Crippen molar-refractivity contribution in [2.24, 2.45) is 11.1 Å². The first-order valence-electron chi connectivity index (χ1n) is 6.53. The van der Waals surface area contributed by atoms with Crippen LogP contribution >= 0.6 is 11.6 Å². The summed E-state index contributed by atoms with van der Waals surface area (Å²) in [7, 11) is 0. The van der Waals surface area contributed by atoms with Gasteiger partial charge >= 0.3 is 0 Å². The van der Waals surface area contributed by atoms with Gasteiger partial charge in [0.25, 0.3) is 0 Å². The molecular formula is C16H12ClF2NO. The van der Waals surface area contributed by atoms with E-state index in [4.69, 9.17) is 11.6 Å². The van der Waals surface area contributed by atoms with Gasteiger partial charge in [-0.2, -0.15) is 0 Å². The van der Waals surface area contributed by atoms with Gasteiger partial charge in [0.2, 0.25) is 0 Å². The van der Waals surface area contributed by atoms with Crippen molar-refractivity contribution in [1.29, 1.82) is 0 Å². The molecule has 3 rings (SSSR count). The van der Waals surface area contributed by atoms with Crippen LogP contribution in [0, 0.1) is 17.6 Å². The Hall–Kier alpha value is -1.94. The first-order chi connectivity index (χ1) is 10.1. The highest BCUT2D eigenvalue weighted by Gasteiger charge is 2.45. The summed E-state index contributed by atoms with van der Waals surface area (Å²) in [4.78, 5) is 0. The van der Waals surface area contributed by atoms with Gasteiger partial charge in [-0.05, 0) is 42.2 Å². The minimum atomic E-state index is -0.361. The van der Waals surface area contributed by atoms with Gasteiger partial charge in [-0.3, -0.25) is 0 Å². The molecule has 0 bridgehead atoms. The standard InChI is InChI=1S/C16H12ClF2NO/c17-13-2-1-3-14(19)15(13)11-8-12(11)16(20-21)9-4-6-10(18)7-5-9/h1-7,11-12,21H,8H2/b20-16+/t11-,12+/m1/s1. The van der Waals surface area contributed by atoms with Crippen molar-refractivity contribution in [3.63, 3.8) is 0 Å². The monoisotopic (exact) mass is 307 g/mol. The third kappa shape index (κ3) is 2.63. The van der Waals surface area contributed by atoms with Gasteiger partial charge in [-0.1, -0.05) is 35.0 Å². The maximum atomic E-state index is 13.9. The number of halogens is 3. The second-order valence-corrected chi connectivity index (χ2v) is 5.48. The molecule has 1 aliphatic rings. The Balaban J connectivity index is 1.88. The summed E-state index contributed by atoms with van der Waals surface area (Å²) >= 11 is 6.05. The summed E-state index contributed by atoms with van der Waals surface area (Å²) in [6.45, 7) is 0. The van der Waals surface area contributed by atoms with E-state index >= 15 is 0 Å².